The molecule has 0 aromatic heterocycles. The molecule has 0 spiro atoms. The van der Waals surface area contributed by atoms with Gasteiger partial charge in [0.15, 0.2) is 6.04 Å². The molecule has 14 heteroatoms. The highest BCUT2D eigenvalue weighted by atomic mass is 32.2. The Kier molecular flexibility index (Phi) is 12.7. The number of amides is 3. The summed E-state index contributed by atoms with van der Waals surface area (Å²) < 4.78 is 0. The van der Waals surface area contributed by atoms with Crippen molar-refractivity contribution in [2.45, 2.75) is 56.5 Å². The molecule has 0 fully saturated rings. The number of aliphatic carboxylic acids is 2. The van der Waals surface area contributed by atoms with E-state index >= 15 is 0 Å². The van der Waals surface area contributed by atoms with E-state index in [1.807, 2.05) is 11.6 Å². The van der Waals surface area contributed by atoms with E-state index in [-0.39, 0.29) is 12.2 Å². The number of carboxylic acid groups (broad SMARTS) is 2. The van der Waals surface area contributed by atoms with Crippen molar-refractivity contribution in [3.63, 3.8) is 0 Å². The molecule has 13 nitrogen and oxygen atoms in total. The fourth-order valence-corrected chi connectivity index (χ4v) is 3.52. The summed E-state index contributed by atoms with van der Waals surface area (Å²) in [5.74, 6) is -5.15. The van der Waals surface area contributed by atoms with E-state index < -0.39 is 66.4 Å². The number of phenolic OH excluding ortho intramolecular Hbond substituents is 1. The maximum Gasteiger partial charge on any atom is 0.328 e. The number of rotatable bonds is 15. The van der Waals surface area contributed by atoms with Crippen molar-refractivity contribution in [3.8, 4) is 5.75 Å². The van der Waals surface area contributed by atoms with Crippen LogP contribution in [0.3, 0.4) is 0 Å². The number of thioether (sulfide) groups is 1. The lowest BCUT2D eigenvalue weighted by atomic mass is 10.0. The Hall–Kier alpha value is -3.36. The highest BCUT2D eigenvalue weighted by molar-refractivity contribution is 7.98. The van der Waals surface area contributed by atoms with E-state index in [9.17, 15) is 39.3 Å². The number of hydrogen-bond donors (Lipinski definition) is 8. The van der Waals surface area contributed by atoms with E-state index in [1.165, 1.54) is 36.0 Å². The third-order valence-electron chi connectivity index (χ3n) is 5.04. The molecule has 1 aromatic rings. The van der Waals surface area contributed by atoms with Crippen molar-refractivity contribution in [3.05, 3.63) is 29.8 Å². The van der Waals surface area contributed by atoms with Crippen LogP contribution in [0.2, 0.25) is 0 Å². The predicted octanol–water partition coefficient (Wildman–Crippen LogP) is -1.59. The van der Waals surface area contributed by atoms with Crippen LogP contribution in [0.15, 0.2) is 24.3 Å². The summed E-state index contributed by atoms with van der Waals surface area (Å²) >= 11 is 1.48. The van der Waals surface area contributed by atoms with Gasteiger partial charge in [-0.2, -0.15) is 11.8 Å². The second kappa shape index (κ2) is 14.9. The molecule has 5 unspecified atom stereocenters. The van der Waals surface area contributed by atoms with E-state index in [0.29, 0.717) is 17.7 Å². The highest BCUT2D eigenvalue weighted by Gasteiger charge is 2.33. The van der Waals surface area contributed by atoms with Gasteiger partial charge in [-0.25, -0.2) is 4.79 Å². The maximum absolute atomic E-state index is 13.1. The molecule has 5 atom stereocenters. The molecule has 36 heavy (non-hydrogen) atoms. The minimum Gasteiger partial charge on any atom is -0.508 e. The smallest absolute Gasteiger partial charge is 0.328 e. The number of aromatic hydroxyl groups is 1. The molecule has 0 saturated heterocycles. The molecule has 1 aromatic carbocycles. The lowest BCUT2D eigenvalue weighted by Crippen LogP contribution is -2.59. The second-order valence-corrected chi connectivity index (χ2v) is 9.03. The Balaban J connectivity index is 3.13. The lowest BCUT2D eigenvalue weighted by molar-refractivity contribution is -0.146. The lowest BCUT2D eigenvalue weighted by Gasteiger charge is -2.25. The van der Waals surface area contributed by atoms with Crippen molar-refractivity contribution >= 4 is 41.4 Å². The van der Waals surface area contributed by atoms with Crippen molar-refractivity contribution in [2.75, 3.05) is 12.0 Å². The molecule has 0 radical (unpaired) electrons. The van der Waals surface area contributed by atoms with Gasteiger partial charge in [-0.1, -0.05) is 12.1 Å². The van der Waals surface area contributed by atoms with Crippen LogP contribution in [0.25, 0.3) is 0 Å². The summed E-state index contributed by atoms with van der Waals surface area (Å²) in [5, 5.41) is 44.2. The summed E-state index contributed by atoms with van der Waals surface area (Å²) in [6, 6.07) is 0.116. The molecule has 0 heterocycles. The van der Waals surface area contributed by atoms with Gasteiger partial charge in [0.25, 0.3) is 0 Å². The van der Waals surface area contributed by atoms with Gasteiger partial charge in [0.1, 0.15) is 17.8 Å². The zero-order valence-electron chi connectivity index (χ0n) is 19.8. The molecule has 0 aliphatic carbocycles. The van der Waals surface area contributed by atoms with Crippen LogP contribution in [0, 0.1) is 0 Å². The number of benzene rings is 1. The number of aliphatic hydroxyl groups is 1. The SMILES string of the molecule is CSCCC(N)C(=O)NC(Cc1ccc(O)cc1)C(=O)NC(CC(=O)O)C(=O)NC(C(=O)O)C(C)O. The van der Waals surface area contributed by atoms with Gasteiger partial charge in [-0.3, -0.25) is 19.2 Å². The van der Waals surface area contributed by atoms with E-state index in [0.717, 1.165) is 6.92 Å². The molecular formula is C22H32N4O9S. The Bertz CT molecular complexity index is 927. The first-order valence-electron chi connectivity index (χ1n) is 10.9. The molecule has 0 saturated carbocycles. The van der Waals surface area contributed by atoms with Crippen molar-refractivity contribution < 1.29 is 44.4 Å². The van der Waals surface area contributed by atoms with Crippen LogP contribution >= 0.6 is 11.8 Å². The number of nitrogens with one attached hydrogen (secondary N) is 3. The average Bonchev–Trinajstić information content (AvgIpc) is 2.80. The number of nitrogens with two attached hydrogens (primary N) is 1. The first-order valence-corrected chi connectivity index (χ1v) is 12.3. The Morgan fingerprint density at radius 2 is 1.50 bits per heavy atom. The van der Waals surface area contributed by atoms with Gasteiger partial charge in [0.05, 0.1) is 18.6 Å². The summed E-state index contributed by atoms with van der Waals surface area (Å²) in [6.07, 6.45) is -0.305. The van der Waals surface area contributed by atoms with Gasteiger partial charge in [0, 0.05) is 6.42 Å². The largest absolute Gasteiger partial charge is 0.508 e. The molecule has 0 aliphatic rings. The number of carboxylic acids is 2. The number of carbonyl (C=O) groups is 5. The van der Waals surface area contributed by atoms with E-state index in [2.05, 4.69) is 10.6 Å². The quantitative estimate of drug-likeness (QED) is 0.129. The average molecular weight is 529 g/mol. The van der Waals surface area contributed by atoms with E-state index in [1.54, 1.807) is 0 Å². The minimum absolute atomic E-state index is 0.0211. The van der Waals surface area contributed by atoms with Gasteiger partial charge >= 0.3 is 11.9 Å². The second-order valence-electron chi connectivity index (χ2n) is 8.04. The zero-order chi connectivity index (χ0) is 27.4. The number of phenols is 1. The maximum atomic E-state index is 13.1. The Morgan fingerprint density at radius 1 is 0.944 bits per heavy atom. The minimum atomic E-state index is -1.74. The summed E-state index contributed by atoms with van der Waals surface area (Å²) in [7, 11) is 0. The van der Waals surface area contributed by atoms with E-state index in [4.69, 9.17) is 10.8 Å². The topological polar surface area (TPSA) is 228 Å². The number of aliphatic hydroxyl groups excluding tert-OH is 1. The van der Waals surface area contributed by atoms with Crippen LogP contribution in [0.5, 0.6) is 5.75 Å². The molecule has 3 amide bonds. The van der Waals surface area contributed by atoms with Crippen molar-refractivity contribution in [1.29, 1.82) is 0 Å². The van der Waals surface area contributed by atoms with Crippen LogP contribution in [0.1, 0.15) is 25.3 Å². The zero-order valence-corrected chi connectivity index (χ0v) is 20.7. The molecular weight excluding hydrogens is 496 g/mol. The van der Waals surface area contributed by atoms with Gasteiger partial charge in [0.2, 0.25) is 17.7 Å². The number of carbonyl (C=O) groups excluding carboxylic acids is 3. The van der Waals surface area contributed by atoms with Gasteiger partial charge in [-0.15, -0.1) is 0 Å². The molecule has 0 bridgehead atoms. The van der Waals surface area contributed by atoms with Crippen LogP contribution in [-0.2, 0) is 30.4 Å². The molecule has 9 N–H and O–H groups in total. The Morgan fingerprint density at radius 3 is 2.00 bits per heavy atom. The first kappa shape index (κ1) is 30.7. The monoisotopic (exact) mass is 528 g/mol. The van der Waals surface area contributed by atoms with Gasteiger partial charge < -0.3 is 42.1 Å². The molecule has 200 valence electrons. The first-order chi connectivity index (χ1) is 16.8. The third kappa shape index (κ3) is 10.5. The van der Waals surface area contributed by atoms with Crippen LogP contribution < -0.4 is 21.7 Å². The summed E-state index contributed by atoms with van der Waals surface area (Å²) in [6.45, 7) is 1.12. The molecule has 1 rings (SSSR count). The van der Waals surface area contributed by atoms with Crippen LogP contribution in [0.4, 0.5) is 0 Å². The predicted molar refractivity (Wildman–Crippen MR) is 130 cm³/mol. The highest BCUT2D eigenvalue weighted by Crippen LogP contribution is 2.12. The van der Waals surface area contributed by atoms with Gasteiger partial charge in [-0.05, 0) is 43.0 Å². The molecule has 0 aliphatic heterocycles. The van der Waals surface area contributed by atoms with Crippen molar-refractivity contribution in [2.24, 2.45) is 5.73 Å². The number of hydrogen-bond acceptors (Lipinski definition) is 9. The fraction of sp³-hybridized carbons (Fsp3) is 0.500. The summed E-state index contributed by atoms with van der Waals surface area (Å²) in [5.41, 5.74) is 6.41. The fourth-order valence-electron chi connectivity index (χ4n) is 3.03. The van der Waals surface area contributed by atoms with Crippen molar-refractivity contribution in [1.82, 2.24) is 16.0 Å². The summed E-state index contributed by atoms with van der Waals surface area (Å²) in [4.78, 5) is 60.8. The normalized spacial score (nSPS) is 15.0. The van der Waals surface area contributed by atoms with Crippen LogP contribution in [-0.4, -0.2) is 92.4 Å². The third-order valence-corrected chi connectivity index (χ3v) is 5.68. The Labute approximate surface area is 211 Å². The standard InChI is InChI=1S/C22H32N4O9S/c1-11(27)18(22(34)35)26-21(33)16(10-17(29)30)25-20(32)15(9-12-3-5-13(28)6-4-12)24-19(31)14(23)7-8-36-2/h3-6,11,14-16,18,27-28H,7-10,23H2,1-2H3,(H,24,31)(H,25,32)(H,26,33)(H,29,30)(H,34,35).